The molecule has 1 aromatic heterocycles. The molecule has 1 fully saturated rings. The fourth-order valence-electron chi connectivity index (χ4n) is 2.65. The lowest BCUT2D eigenvalue weighted by Crippen LogP contribution is -2.48. The van der Waals surface area contributed by atoms with Gasteiger partial charge in [0.05, 0.1) is 5.69 Å². The minimum absolute atomic E-state index is 0. The molecule has 22 heavy (non-hydrogen) atoms. The lowest BCUT2D eigenvalue weighted by molar-refractivity contribution is 0.392. The zero-order valence-corrected chi connectivity index (χ0v) is 17.0. The van der Waals surface area contributed by atoms with E-state index in [-0.39, 0.29) is 24.0 Å². The van der Waals surface area contributed by atoms with Gasteiger partial charge in [0, 0.05) is 43.2 Å². The number of hydrogen-bond donors (Lipinski definition) is 1. The van der Waals surface area contributed by atoms with Gasteiger partial charge in [-0.2, -0.15) is 11.8 Å². The van der Waals surface area contributed by atoms with Crippen molar-refractivity contribution in [3.8, 4) is 0 Å². The summed E-state index contributed by atoms with van der Waals surface area (Å²) in [4.78, 5) is 6.80. The van der Waals surface area contributed by atoms with E-state index in [1.54, 1.807) is 0 Å². The van der Waals surface area contributed by atoms with Crippen LogP contribution in [-0.2, 0) is 6.42 Å². The highest BCUT2D eigenvalue weighted by molar-refractivity contribution is 14.0. The summed E-state index contributed by atoms with van der Waals surface area (Å²) in [5.41, 5.74) is 2.20. The number of halogens is 1. The van der Waals surface area contributed by atoms with Crippen LogP contribution in [0.1, 0.15) is 30.4 Å². The van der Waals surface area contributed by atoms with Crippen LogP contribution in [0.4, 0.5) is 0 Å². The largest absolute Gasteiger partial charge is 0.361 e. The summed E-state index contributed by atoms with van der Waals surface area (Å²) >= 11 is 2.08. The van der Waals surface area contributed by atoms with Crippen molar-refractivity contribution < 1.29 is 4.52 Å². The molecule has 1 N–H and O–H groups in total. The lowest BCUT2D eigenvalue weighted by atomic mass is 10.1. The van der Waals surface area contributed by atoms with E-state index < -0.39 is 0 Å². The van der Waals surface area contributed by atoms with E-state index in [4.69, 9.17) is 4.52 Å². The van der Waals surface area contributed by atoms with Crippen LogP contribution in [0.15, 0.2) is 9.52 Å². The Morgan fingerprint density at radius 1 is 1.50 bits per heavy atom. The van der Waals surface area contributed by atoms with E-state index in [2.05, 4.69) is 39.1 Å². The Morgan fingerprint density at radius 2 is 2.27 bits per heavy atom. The van der Waals surface area contributed by atoms with E-state index >= 15 is 0 Å². The molecule has 5 nitrogen and oxygen atoms in total. The molecule has 1 saturated heterocycles. The van der Waals surface area contributed by atoms with Crippen LogP contribution in [0.3, 0.4) is 0 Å². The molecule has 0 aliphatic carbocycles. The van der Waals surface area contributed by atoms with Crippen molar-refractivity contribution in [2.75, 3.05) is 32.4 Å². The van der Waals surface area contributed by atoms with Crippen molar-refractivity contribution in [1.29, 1.82) is 0 Å². The monoisotopic (exact) mass is 438 g/mol. The molecule has 1 unspecified atom stereocenters. The Kier molecular flexibility index (Phi) is 8.59. The van der Waals surface area contributed by atoms with Gasteiger partial charge in [-0.15, -0.1) is 24.0 Å². The first-order valence-electron chi connectivity index (χ1n) is 7.64. The highest BCUT2D eigenvalue weighted by Gasteiger charge is 2.21. The lowest BCUT2D eigenvalue weighted by Gasteiger charge is -2.34. The molecule has 2 rings (SSSR count). The first-order valence-corrected chi connectivity index (χ1v) is 8.69. The SMILES string of the molecule is CCC1CN(C(=NC)NCCc2c(C)noc2C)CCS1.I. The molecule has 0 amide bonds. The summed E-state index contributed by atoms with van der Waals surface area (Å²) in [6, 6.07) is 0. The van der Waals surface area contributed by atoms with Gasteiger partial charge >= 0.3 is 0 Å². The minimum atomic E-state index is 0. The number of rotatable bonds is 4. The van der Waals surface area contributed by atoms with Gasteiger partial charge in [-0.3, -0.25) is 4.99 Å². The van der Waals surface area contributed by atoms with Crippen molar-refractivity contribution in [2.24, 2.45) is 4.99 Å². The van der Waals surface area contributed by atoms with Crippen LogP contribution in [0.25, 0.3) is 0 Å². The van der Waals surface area contributed by atoms with Crippen molar-refractivity contribution in [3.05, 3.63) is 17.0 Å². The number of hydrogen-bond acceptors (Lipinski definition) is 4. The van der Waals surface area contributed by atoms with E-state index in [9.17, 15) is 0 Å². The maximum absolute atomic E-state index is 5.20. The average Bonchev–Trinajstić information content (AvgIpc) is 2.83. The summed E-state index contributed by atoms with van der Waals surface area (Å²) < 4.78 is 5.20. The van der Waals surface area contributed by atoms with Gasteiger partial charge in [0.15, 0.2) is 5.96 Å². The highest BCUT2D eigenvalue weighted by Crippen LogP contribution is 2.21. The predicted octanol–water partition coefficient (Wildman–Crippen LogP) is 2.85. The molecule has 0 bridgehead atoms. The third-order valence-corrected chi connectivity index (χ3v) is 5.32. The Morgan fingerprint density at radius 3 is 2.86 bits per heavy atom. The second kappa shape index (κ2) is 9.64. The first kappa shape index (κ1) is 19.6. The highest BCUT2D eigenvalue weighted by atomic mass is 127. The topological polar surface area (TPSA) is 53.7 Å². The number of nitrogens with one attached hydrogen (secondary N) is 1. The van der Waals surface area contributed by atoms with Gasteiger partial charge in [0.25, 0.3) is 0 Å². The van der Waals surface area contributed by atoms with Gasteiger partial charge in [-0.25, -0.2) is 0 Å². The zero-order chi connectivity index (χ0) is 15.2. The third kappa shape index (κ3) is 5.04. The van der Waals surface area contributed by atoms with E-state index in [0.717, 1.165) is 48.7 Å². The summed E-state index contributed by atoms with van der Waals surface area (Å²) in [7, 11) is 1.86. The molecule has 126 valence electrons. The fourth-order valence-corrected chi connectivity index (χ4v) is 3.83. The summed E-state index contributed by atoms with van der Waals surface area (Å²) in [6.07, 6.45) is 2.14. The molecule has 0 saturated carbocycles. The predicted molar refractivity (Wildman–Crippen MR) is 105 cm³/mol. The molecule has 1 atom stereocenters. The van der Waals surface area contributed by atoms with E-state index in [1.807, 2.05) is 20.9 Å². The van der Waals surface area contributed by atoms with E-state index in [0.29, 0.717) is 0 Å². The number of aliphatic imine (C=N–C) groups is 1. The van der Waals surface area contributed by atoms with Gasteiger partial charge in [0.2, 0.25) is 0 Å². The quantitative estimate of drug-likeness (QED) is 0.445. The molecule has 0 aromatic carbocycles. The summed E-state index contributed by atoms with van der Waals surface area (Å²) in [6.45, 7) is 9.25. The third-order valence-electron chi connectivity index (χ3n) is 3.94. The summed E-state index contributed by atoms with van der Waals surface area (Å²) in [5.74, 6) is 3.12. The average molecular weight is 438 g/mol. The summed E-state index contributed by atoms with van der Waals surface area (Å²) in [5, 5.41) is 8.19. The van der Waals surface area contributed by atoms with Crippen molar-refractivity contribution in [2.45, 2.75) is 38.9 Å². The molecule has 1 aliphatic heterocycles. The van der Waals surface area contributed by atoms with Gasteiger partial charge in [-0.05, 0) is 26.7 Å². The second-order valence-electron chi connectivity index (χ2n) is 5.37. The van der Waals surface area contributed by atoms with Gasteiger partial charge in [-0.1, -0.05) is 12.1 Å². The van der Waals surface area contributed by atoms with Crippen molar-refractivity contribution in [1.82, 2.24) is 15.4 Å². The Labute approximate surface area is 154 Å². The number of aryl methyl sites for hydroxylation is 2. The van der Waals surface area contributed by atoms with E-state index in [1.165, 1.54) is 17.7 Å². The van der Waals surface area contributed by atoms with Crippen molar-refractivity contribution in [3.63, 3.8) is 0 Å². The normalized spacial score (nSPS) is 19.0. The molecule has 0 spiro atoms. The number of aromatic nitrogens is 1. The van der Waals surface area contributed by atoms with Gasteiger partial charge in [0.1, 0.15) is 5.76 Å². The van der Waals surface area contributed by atoms with Gasteiger partial charge < -0.3 is 14.7 Å². The van der Waals surface area contributed by atoms with Crippen LogP contribution in [0.2, 0.25) is 0 Å². The Hall–Kier alpha value is -0.440. The molecule has 1 aromatic rings. The molecular weight excluding hydrogens is 411 g/mol. The maximum atomic E-state index is 5.20. The number of guanidine groups is 1. The first-order chi connectivity index (χ1) is 10.2. The van der Waals surface area contributed by atoms with Crippen LogP contribution in [-0.4, -0.2) is 53.7 Å². The van der Waals surface area contributed by atoms with Crippen LogP contribution in [0, 0.1) is 13.8 Å². The van der Waals surface area contributed by atoms with Crippen LogP contribution < -0.4 is 5.32 Å². The van der Waals surface area contributed by atoms with Crippen LogP contribution >= 0.6 is 35.7 Å². The molecule has 7 heteroatoms. The Balaban J connectivity index is 0.00000242. The maximum Gasteiger partial charge on any atom is 0.193 e. The van der Waals surface area contributed by atoms with Crippen LogP contribution in [0.5, 0.6) is 0 Å². The molecule has 2 heterocycles. The smallest absolute Gasteiger partial charge is 0.193 e. The Bertz CT molecular complexity index is 472. The standard InChI is InChI=1S/C15H26N4OS.HI/c1-5-13-10-19(8-9-21-13)15(16-4)17-7-6-14-11(2)18-20-12(14)3;/h13H,5-10H2,1-4H3,(H,16,17);1H. The van der Waals surface area contributed by atoms with Crippen molar-refractivity contribution >= 4 is 41.7 Å². The molecular formula is C15H27IN4OS. The number of nitrogens with zero attached hydrogens (tertiary/aromatic N) is 3. The molecule has 1 aliphatic rings. The molecule has 0 radical (unpaired) electrons. The zero-order valence-electron chi connectivity index (χ0n) is 13.9. The second-order valence-corrected chi connectivity index (χ2v) is 6.78. The minimum Gasteiger partial charge on any atom is -0.361 e. The number of thioether (sulfide) groups is 1. The fraction of sp³-hybridized carbons (Fsp3) is 0.733.